The summed E-state index contributed by atoms with van der Waals surface area (Å²) in [5, 5.41) is 24.9. The van der Waals surface area contributed by atoms with Crippen molar-refractivity contribution in [3.05, 3.63) is 172 Å². The third-order valence-electron chi connectivity index (χ3n) is 12.2. The number of nitriles is 2. The zero-order valence-electron chi connectivity index (χ0n) is 42.2. The number of rotatable bonds is 21. The van der Waals surface area contributed by atoms with Gasteiger partial charge in [0.2, 0.25) is 12.7 Å². The van der Waals surface area contributed by atoms with Gasteiger partial charge in [0.05, 0.1) is 59.9 Å². The lowest BCUT2D eigenvalue weighted by atomic mass is 10.1. The molecule has 0 aliphatic carbocycles. The number of carbonyl (C=O) groups is 4. The van der Waals surface area contributed by atoms with Crippen LogP contribution in [0.2, 0.25) is 5.02 Å². The number of phosphoric acid groups is 1. The van der Waals surface area contributed by atoms with E-state index < -0.39 is 50.7 Å². The Morgan fingerprint density at radius 1 is 0.769 bits per heavy atom. The molecule has 400 valence electrons. The molecule has 7 aromatic rings. The molecule has 3 heterocycles. The molecule has 0 saturated carbocycles. The topological polar surface area (TPSA) is 270 Å². The molecule has 2 N–H and O–H groups in total. The number of hydrogen-bond donors (Lipinski definition) is 1. The molecule has 2 aromatic heterocycles. The van der Waals surface area contributed by atoms with Gasteiger partial charge in [-0.15, -0.1) is 5.10 Å². The van der Waals surface area contributed by atoms with E-state index in [9.17, 15) is 34.3 Å². The second-order valence-corrected chi connectivity index (χ2v) is 19.3. The van der Waals surface area contributed by atoms with Crippen LogP contribution in [0.1, 0.15) is 47.4 Å². The predicted octanol–water partition coefficient (Wildman–Crippen LogP) is 8.62. The van der Waals surface area contributed by atoms with Crippen molar-refractivity contribution in [3.8, 4) is 17.9 Å². The number of phosphoric ester groups is 1. The summed E-state index contributed by atoms with van der Waals surface area (Å²) in [4.78, 5) is 68.5. The Bertz CT molecular complexity index is 3350. The van der Waals surface area contributed by atoms with E-state index in [2.05, 4.69) is 21.1 Å². The Balaban J connectivity index is 1.04. The fourth-order valence-corrected chi connectivity index (χ4v) is 9.50. The van der Waals surface area contributed by atoms with Gasteiger partial charge >= 0.3 is 26.0 Å². The van der Waals surface area contributed by atoms with Crippen LogP contribution in [0.25, 0.3) is 5.65 Å². The SMILES string of the molecule is CCN(C(=O)OCc1ccccc1)c1nc(N(C(=O)OCOC(=O)Cc2ccc(OP(=O)(OCc3ccccc3)OCc3ccccc3)cc2)c2cc(C#N)cc(N3CCN([C@@H](C)C(N)=O)CC3)c2Cl)nn2c(C#N)cnc12. The quantitative estimate of drug-likeness (QED) is 0.0400. The van der Waals surface area contributed by atoms with E-state index in [0.717, 1.165) is 25.4 Å². The van der Waals surface area contributed by atoms with E-state index >= 15 is 0 Å². The number of nitrogens with two attached hydrogens (primary N) is 1. The molecule has 22 nitrogen and oxygen atoms in total. The number of anilines is 4. The third-order valence-corrected chi connectivity index (χ3v) is 13.9. The zero-order chi connectivity index (χ0) is 55.2. The van der Waals surface area contributed by atoms with E-state index in [4.69, 9.17) is 45.1 Å². The first kappa shape index (κ1) is 55.3. The highest BCUT2D eigenvalue weighted by atomic mass is 35.5. The molecule has 8 rings (SSSR count). The summed E-state index contributed by atoms with van der Waals surface area (Å²) in [6.45, 7) is 3.60. The minimum absolute atomic E-state index is 0.0348. The monoisotopic (exact) mass is 1100 g/mol. The standard InChI is InChI=1S/C54H51ClN11O11P/c1-3-64(53(69)72-33-39-13-7-4-8-14-39)51-50-59-32-43(31-57)66(50)61-52(60-51)65(46-28-42(30-56)27-45(48(46)55)63-25-23-62(24-26-63)37(2)49(58)68)54(70)74-36-73-47(67)29-38-19-21-44(22-20-38)77-78(71,75-34-40-15-9-5-10-16-40)76-35-41-17-11-6-12-18-41/h4-22,27-28,32,37H,3,23-26,29,33-36H2,1-2H3,(H2,58,68)/t37-/m0/s1. The van der Waals surface area contributed by atoms with Gasteiger partial charge < -0.3 is 29.4 Å². The third kappa shape index (κ3) is 13.7. The highest BCUT2D eigenvalue weighted by molar-refractivity contribution is 7.48. The lowest BCUT2D eigenvalue weighted by Gasteiger charge is -2.38. The van der Waals surface area contributed by atoms with Crippen LogP contribution in [0.15, 0.2) is 134 Å². The van der Waals surface area contributed by atoms with Crippen LogP contribution < -0.4 is 25.0 Å². The first-order valence-electron chi connectivity index (χ1n) is 24.3. The number of halogens is 1. The number of nitrogens with zero attached hydrogens (tertiary/aromatic N) is 10. The molecule has 5 aromatic carbocycles. The Labute approximate surface area is 453 Å². The van der Waals surface area contributed by atoms with Crippen LogP contribution in [0, 0.1) is 22.7 Å². The van der Waals surface area contributed by atoms with Crippen molar-refractivity contribution in [1.29, 1.82) is 10.5 Å². The van der Waals surface area contributed by atoms with Crippen LogP contribution in [0.5, 0.6) is 5.75 Å². The maximum absolute atomic E-state index is 14.7. The van der Waals surface area contributed by atoms with E-state index in [1.807, 2.05) is 58.3 Å². The first-order chi connectivity index (χ1) is 37.8. The molecular weight excluding hydrogens is 1050 g/mol. The van der Waals surface area contributed by atoms with Gasteiger partial charge in [0.15, 0.2) is 17.2 Å². The van der Waals surface area contributed by atoms with E-state index in [-0.39, 0.29) is 72.0 Å². The summed E-state index contributed by atoms with van der Waals surface area (Å²) >= 11 is 7.22. The van der Waals surface area contributed by atoms with Gasteiger partial charge in [-0.3, -0.25) is 28.4 Å². The van der Waals surface area contributed by atoms with E-state index in [1.54, 1.807) is 62.4 Å². The Morgan fingerprint density at radius 2 is 1.37 bits per heavy atom. The molecule has 1 fully saturated rings. The van der Waals surface area contributed by atoms with Crippen LogP contribution >= 0.6 is 19.4 Å². The molecule has 24 heteroatoms. The minimum Gasteiger partial charge on any atom is -0.444 e. The van der Waals surface area contributed by atoms with Crippen molar-refractivity contribution in [1.82, 2.24) is 24.5 Å². The van der Waals surface area contributed by atoms with Crippen LogP contribution in [-0.2, 0) is 63.7 Å². The summed E-state index contributed by atoms with van der Waals surface area (Å²) in [6, 6.07) is 39.5. The second kappa shape index (κ2) is 25.8. The lowest BCUT2D eigenvalue weighted by molar-refractivity contribution is -0.150. The molecular formula is C54H51ClN11O11P. The molecule has 0 unspecified atom stereocenters. The lowest BCUT2D eigenvalue weighted by Crippen LogP contribution is -2.53. The first-order valence-corrected chi connectivity index (χ1v) is 26.1. The average molecular weight is 1100 g/mol. The summed E-state index contributed by atoms with van der Waals surface area (Å²) in [5.74, 6) is -1.89. The Morgan fingerprint density at radius 3 is 1.94 bits per heavy atom. The zero-order valence-corrected chi connectivity index (χ0v) is 43.9. The highest BCUT2D eigenvalue weighted by Crippen LogP contribution is 2.51. The fourth-order valence-electron chi connectivity index (χ4n) is 8.01. The maximum Gasteiger partial charge on any atom is 0.530 e. The number of ether oxygens (including phenoxy) is 3. The van der Waals surface area contributed by atoms with Crippen LogP contribution in [-0.4, -0.2) is 94.1 Å². The number of piperazine rings is 1. The molecule has 0 radical (unpaired) electrons. The summed E-state index contributed by atoms with van der Waals surface area (Å²) in [6.07, 6.45) is -1.23. The summed E-state index contributed by atoms with van der Waals surface area (Å²) in [5.41, 5.74) is 8.23. The fraction of sp³-hybridized carbons (Fsp3) is 0.241. The summed E-state index contributed by atoms with van der Waals surface area (Å²) in [7, 11) is -4.20. The number of fused-ring (bicyclic) bond motifs is 1. The molecule has 1 aliphatic rings. The molecule has 78 heavy (non-hydrogen) atoms. The van der Waals surface area contributed by atoms with E-state index in [0.29, 0.717) is 43.0 Å². The number of aromatic nitrogens is 4. The minimum atomic E-state index is -4.20. The number of benzene rings is 5. The van der Waals surface area contributed by atoms with Gasteiger partial charge in [-0.2, -0.15) is 20.0 Å². The number of hydrogen-bond acceptors (Lipinski definition) is 18. The second-order valence-electron chi connectivity index (χ2n) is 17.3. The van der Waals surface area contributed by atoms with Crippen LogP contribution in [0.4, 0.5) is 32.7 Å². The molecule has 3 amide bonds. The van der Waals surface area contributed by atoms with Gasteiger partial charge in [0.25, 0.3) is 5.95 Å². The molecule has 1 aliphatic heterocycles. The highest BCUT2D eigenvalue weighted by Gasteiger charge is 2.34. The molecule has 1 saturated heterocycles. The van der Waals surface area contributed by atoms with Crippen molar-refractivity contribution in [2.45, 2.75) is 46.1 Å². The van der Waals surface area contributed by atoms with Crippen molar-refractivity contribution in [3.63, 3.8) is 0 Å². The maximum atomic E-state index is 14.7. The van der Waals surface area contributed by atoms with Gasteiger partial charge in [0.1, 0.15) is 18.4 Å². The smallest absolute Gasteiger partial charge is 0.444 e. The summed E-state index contributed by atoms with van der Waals surface area (Å²) < 4.78 is 48.9. The molecule has 1 atom stereocenters. The number of amides is 3. The van der Waals surface area contributed by atoms with Gasteiger partial charge in [-0.25, -0.2) is 24.0 Å². The number of carbonyl (C=O) groups excluding carboxylic acids is 4. The van der Waals surface area contributed by atoms with Crippen molar-refractivity contribution < 1.29 is 51.5 Å². The number of esters is 1. The van der Waals surface area contributed by atoms with Gasteiger partial charge in [0, 0.05) is 32.7 Å². The molecule has 0 spiro atoms. The normalized spacial score (nSPS) is 12.9. The van der Waals surface area contributed by atoms with Crippen LogP contribution in [0.3, 0.4) is 0 Å². The Kier molecular flexibility index (Phi) is 18.3. The number of imidazole rings is 1. The number of primary amides is 1. The molecule has 0 bridgehead atoms. The van der Waals surface area contributed by atoms with E-state index in [1.165, 1.54) is 42.6 Å². The van der Waals surface area contributed by atoms with Crippen molar-refractivity contribution in [2.24, 2.45) is 5.73 Å². The van der Waals surface area contributed by atoms with Gasteiger partial charge in [-0.05, 0) is 60.4 Å². The van der Waals surface area contributed by atoms with Crippen molar-refractivity contribution >= 4 is 72.3 Å². The van der Waals surface area contributed by atoms with Crippen molar-refractivity contribution in [2.75, 3.05) is 54.2 Å². The average Bonchev–Trinajstić information content (AvgIpc) is 3.89. The van der Waals surface area contributed by atoms with Gasteiger partial charge in [-0.1, -0.05) is 115 Å². The predicted molar refractivity (Wildman–Crippen MR) is 284 cm³/mol. The largest absolute Gasteiger partial charge is 0.530 e. The Hall–Kier alpha value is -8.89.